The van der Waals surface area contributed by atoms with E-state index in [4.69, 9.17) is 9.84 Å². The highest BCUT2D eigenvalue weighted by Gasteiger charge is 2.54. The number of fused-ring (bicyclic) bond motifs is 2. The first-order chi connectivity index (χ1) is 15.7. The first-order valence-electron chi connectivity index (χ1n) is 10.8. The Morgan fingerprint density at radius 3 is 2.70 bits per heavy atom. The minimum Gasteiger partial charge on any atom is -0.493 e. The Labute approximate surface area is 191 Å². The van der Waals surface area contributed by atoms with Gasteiger partial charge in [0.05, 0.1) is 18.6 Å². The molecule has 1 amide bonds. The van der Waals surface area contributed by atoms with Crippen LogP contribution in [-0.4, -0.2) is 60.4 Å². The third-order valence-corrected chi connectivity index (χ3v) is 7.31. The van der Waals surface area contributed by atoms with Gasteiger partial charge in [0, 0.05) is 30.3 Å². The fourth-order valence-electron chi connectivity index (χ4n) is 4.33. The number of benzene rings is 1. The molecule has 2 heterocycles. The zero-order chi connectivity index (χ0) is 23.4. The van der Waals surface area contributed by atoms with Gasteiger partial charge in [-0.1, -0.05) is 12.1 Å². The lowest BCUT2D eigenvalue weighted by Gasteiger charge is -2.11. The zero-order valence-electron chi connectivity index (χ0n) is 18.4. The van der Waals surface area contributed by atoms with Crippen molar-refractivity contribution in [2.45, 2.75) is 31.1 Å². The molecular weight excluding hydrogens is 444 g/mol. The zero-order valence-corrected chi connectivity index (χ0v) is 19.2. The largest absolute Gasteiger partial charge is 0.493 e. The van der Waals surface area contributed by atoms with Gasteiger partial charge in [0.1, 0.15) is 15.3 Å². The van der Waals surface area contributed by atoms with Crippen LogP contribution in [0.4, 0.5) is 0 Å². The predicted molar refractivity (Wildman–Crippen MR) is 121 cm³/mol. The second-order valence-corrected chi connectivity index (χ2v) is 11.0. The standard InChI is InChI=1S/C23H24N4O5S/c1-32-19-8-6-17(15-3-5-16-14(13-15)4-7-18(16)28)27-20(19)25-21(26-27)23(9-10-23)22(29)24-11-12-33(2,30)31/h3,5-6,8,13H,4,7,9-12H2,1-2H3,(H,24,29). The van der Waals surface area contributed by atoms with Crippen LogP contribution in [0.15, 0.2) is 30.3 Å². The normalized spacial score (nSPS) is 16.6. The van der Waals surface area contributed by atoms with Gasteiger partial charge in [0.25, 0.3) is 0 Å². The molecule has 0 radical (unpaired) electrons. The van der Waals surface area contributed by atoms with Crippen LogP contribution in [0.3, 0.4) is 0 Å². The molecule has 0 bridgehead atoms. The highest BCUT2D eigenvalue weighted by Crippen LogP contribution is 2.47. The van der Waals surface area contributed by atoms with Crippen molar-refractivity contribution < 1.29 is 22.7 Å². The van der Waals surface area contributed by atoms with Gasteiger partial charge < -0.3 is 10.1 Å². The smallest absolute Gasteiger partial charge is 0.234 e. The molecule has 3 aromatic rings. The highest BCUT2D eigenvalue weighted by molar-refractivity contribution is 7.90. The number of carbonyl (C=O) groups is 2. The number of sulfone groups is 1. The third-order valence-electron chi connectivity index (χ3n) is 6.36. The summed E-state index contributed by atoms with van der Waals surface area (Å²) in [7, 11) is -1.62. The quantitative estimate of drug-likeness (QED) is 0.561. The average molecular weight is 469 g/mol. The van der Waals surface area contributed by atoms with Crippen LogP contribution in [0, 0.1) is 0 Å². The summed E-state index contributed by atoms with van der Waals surface area (Å²) < 4.78 is 29.9. The summed E-state index contributed by atoms with van der Waals surface area (Å²) in [6.45, 7) is 0.0508. The number of hydrogen-bond donors (Lipinski definition) is 1. The van der Waals surface area contributed by atoms with E-state index in [1.807, 2.05) is 30.3 Å². The second-order valence-electron chi connectivity index (χ2n) is 8.72. The van der Waals surface area contributed by atoms with Gasteiger partial charge in [-0.15, -0.1) is 5.10 Å². The summed E-state index contributed by atoms with van der Waals surface area (Å²) in [5, 5.41) is 7.42. The fourth-order valence-corrected chi connectivity index (χ4v) is 4.80. The van der Waals surface area contributed by atoms with Gasteiger partial charge in [-0.05, 0) is 43.0 Å². The molecule has 0 spiro atoms. The average Bonchev–Trinajstić information content (AvgIpc) is 3.33. The van der Waals surface area contributed by atoms with E-state index in [-0.39, 0.29) is 24.0 Å². The first kappa shape index (κ1) is 21.6. The molecule has 1 aromatic carbocycles. The number of Topliss-reactive ketones (excluding diaryl/α,β-unsaturated/α-hetero) is 1. The topological polar surface area (TPSA) is 120 Å². The van der Waals surface area contributed by atoms with E-state index >= 15 is 0 Å². The van der Waals surface area contributed by atoms with Crippen LogP contribution in [-0.2, 0) is 26.5 Å². The highest BCUT2D eigenvalue weighted by atomic mass is 32.2. The second kappa shape index (κ2) is 7.65. The molecule has 2 aromatic heterocycles. The molecule has 172 valence electrons. The Bertz CT molecular complexity index is 1410. The van der Waals surface area contributed by atoms with Crippen molar-refractivity contribution in [2.75, 3.05) is 25.7 Å². The first-order valence-corrected chi connectivity index (χ1v) is 12.8. The third kappa shape index (κ3) is 3.78. The number of nitrogens with zero attached hydrogens (tertiary/aromatic N) is 3. The van der Waals surface area contributed by atoms with Gasteiger partial charge >= 0.3 is 0 Å². The van der Waals surface area contributed by atoms with Crippen LogP contribution < -0.4 is 10.1 Å². The molecule has 9 nitrogen and oxygen atoms in total. The maximum Gasteiger partial charge on any atom is 0.234 e. The molecule has 1 saturated carbocycles. The molecule has 10 heteroatoms. The number of methoxy groups -OCH3 is 1. The summed E-state index contributed by atoms with van der Waals surface area (Å²) in [4.78, 5) is 29.6. The summed E-state index contributed by atoms with van der Waals surface area (Å²) in [6, 6.07) is 9.45. The molecule has 0 aliphatic heterocycles. The van der Waals surface area contributed by atoms with E-state index < -0.39 is 15.3 Å². The molecule has 2 aliphatic rings. The van der Waals surface area contributed by atoms with Gasteiger partial charge in [0.2, 0.25) is 5.91 Å². The van der Waals surface area contributed by atoms with E-state index in [1.165, 1.54) is 0 Å². The lowest BCUT2D eigenvalue weighted by atomic mass is 10.0. The minimum atomic E-state index is -3.17. The van der Waals surface area contributed by atoms with Crippen LogP contribution in [0.25, 0.3) is 16.9 Å². The summed E-state index contributed by atoms with van der Waals surface area (Å²) in [5.74, 6) is 0.700. The Balaban J connectivity index is 1.52. The number of nitrogens with one attached hydrogen (secondary N) is 1. The molecule has 1 fully saturated rings. The van der Waals surface area contributed by atoms with Gasteiger partial charge in [-0.25, -0.2) is 17.9 Å². The van der Waals surface area contributed by atoms with Gasteiger partial charge in [0.15, 0.2) is 23.0 Å². The number of aryl methyl sites for hydroxylation is 1. The number of aromatic nitrogens is 3. The molecule has 33 heavy (non-hydrogen) atoms. The SMILES string of the molecule is COc1ccc(-c2ccc3c(c2)CCC3=O)n2nc(C3(C(=O)NCCS(C)(=O)=O)CC3)nc12. The van der Waals surface area contributed by atoms with Crippen molar-refractivity contribution in [1.29, 1.82) is 0 Å². The van der Waals surface area contributed by atoms with Crippen LogP contribution in [0.1, 0.15) is 41.0 Å². The molecule has 0 saturated heterocycles. The number of rotatable bonds is 7. The molecule has 0 unspecified atom stereocenters. The van der Waals surface area contributed by atoms with Crippen molar-refractivity contribution in [3.05, 3.63) is 47.3 Å². The Kier molecular flexibility index (Phi) is 5.00. The molecule has 1 N–H and O–H groups in total. The summed E-state index contributed by atoms with van der Waals surface area (Å²) in [5.41, 5.74) is 3.10. The molecular formula is C23H24N4O5S. The van der Waals surface area contributed by atoms with Gasteiger partial charge in [-0.2, -0.15) is 0 Å². The lowest BCUT2D eigenvalue weighted by Crippen LogP contribution is -2.38. The van der Waals surface area contributed by atoms with E-state index in [2.05, 4.69) is 10.3 Å². The van der Waals surface area contributed by atoms with Gasteiger partial charge in [-0.3, -0.25) is 9.59 Å². The van der Waals surface area contributed by atoms with Crippen molar-refractivity contribution >= 4 is 27.2 Å². The number of carbonyl (C=O) groups excluding carboxylic acids is 2. The number of hydrogen-bond acceptors (Lipinski definition) is 7. The van der Waals surface area contributed by atoms with E-state index in [0.29, 0.717) is 36.5 Å². The molecule has 0 atom stereocenters. The van der Waals surface area contributed by atoms with E-state index in [0.717, 1.165) is 35.1 Å². The van der Waals surface area contributed by atoms with E-state index in [1.54, 1.807) is 11.6 Å². The number of ether oxygens (including phenoxy) is 1. The van der Waals surface area contributed by atoms with Crippen LogP contribution in [0.5, 0.6) is 5.75 Å². The fraction of sp³-hybridized carbons (Fsp3) is 0.391. The summed E-state index contributed by atoms with van der Waals surface area (Å²) >= 11 is 0. The predicted octanol–water partition coefficient (Wildman–Crippen LogP) is 1.73. The van der Waals surface area contributed by atoms with Crippen LogP contribution >= 0.6 is 0 Å². The maximum absolute atomic E-state index is 12.9. The van der Waals surface area contributed by atoms with Crippen LogP contribution in [0.2, 0.25) is 0 Å². The number of ketones is 1. The van der Waals surface area contributed by atoms with Crippen molar-refractivity contribution in [1.82, 2.24) is 19.9 Å². The molecule has 2 aliphatic carbocycles. The maximum atomic E-state index is 12.9. The van der Waals surface area contributed by atoms with E-state index in [9.17, 15) is 18.0 Å². The van der Waals surface area contributed by atoms with Crippen molar-refractivity contribution in [2.24, 2.45) is 0 Å². The summed E-state index contributed by atoms with van der Waals surface area (Å²) in [6.07, 6.45) is 3.57. The van der Waals surface area contributed by atoms with Crippen molar-refractivity contribution in [3.8, 4) is 17.0 Å². The Morgan fingerprint density at radius 1 is 1.21 bits per heavy atom. The molecule has 5 rings (SSSR count). The number of pyridine rings is 1. The lowest BCUT2D eigenvalue weighted by molar-refractivity contribution is -0.123. The Hall–Kier alpha value is -3.27. The number of amides is 1. The monoisotopic (exact) mass is 468 g/mol. The van der Waals surface area contributed by atoms with Crippen molar-refractivity contribution in [3.63, 3.8) is 0 Å². The minimum absolute atomic E-state index is 0.0508. The Morgan fingerprint density at radius 2 is 2.00 bits per heavy atom.